The average molecular weight is 468 g/mol. The predicted molar refractivity (Wildman–Crippen MR) is 155 cm³/mol. The summed E-state index contributed by atoms with van der Waals surface area (Å²) in [6.07, 6.45) is 1.17. The first kappa shape index (κ1) is 22.6. The second-order valence-electron chi connectivity index (χ2n) is 11.4. The molecule has 5 aromatic rings. The van der Waals surface area contributed by atoms with Crippen molar-refractivity contribution in [1.82, 2.24) is 0 Å². The average Bonchev–Trinajstić information content (AvgIpc) is 3.08. The summed E-state index contributed by atoms with van der Waals surface area (Å²) in [6.45, 7) is 9.56. The Bertz CT molecular complexity index is 1510. The first-order valence-electron chi connectivity index (χ1n) is 12.9. The van der Waals surface area contributed by atoms with E-state index >= 15 is 0 Å². The van der Waals surface area contributed by atoms with Gasteiger partial charge in [-0.2, -0.15) is 0 Å². The Kier molecular flexibility index (Phi) is 5.26. The maximum atomic E-state index is 2.46. The molecular formula is C35H33N. The lowest BCUT2D eigenvalue weighted by Crippen LogP contribution is -2.17. The molecule has 0 saturated carbocycles. The Morgan fingerprint density at radius 1 is 0.528 bits per heavy atom. The Morgan fingerprint density at radius 2 is 1.06 bits per heavy atom. The minimum Gasteiger partial charge on any atom is -0.310 e. The highest BCUT2D eigenvalue weighted by molar-refractivity contribution is 5.98. The van der Waals surface area contributed by atoms with Gasteiger partial charge in [-0.05, 0) is 81.1 Å². The van der Waals surface area contributed by atoms with Gasteiger partial charge in [0.05, 0.1) is 5.69 Å². The smallest absolute Gasteiger partial charge is 0.0546 e. The van der Waals surface area contributed by atoms with Gasteiger partial charge in [0.25, 0.3) is 0 Å². The molecule has 0 fully saturated rings. The van der Waals surface area contributed by atoms with Crippen LogP contribution in [-0.4, -0.2) is 0 Å². The molecule has 178 valence electrons. The number of anilines is 3. The monoisotopic (exact) mass is 467 g/mol. The van der Waals surface area contributed by atoms with Crippen molar-refractivity contribution in [1.29, 1.82) is 0 Å². The van der Waals surface area contributed by atoms with E-state index in [1.54, 1.807) is 0 Å². The van der Waals surface area contributed by atoms with Crippen LogP contribution in [0.25, 0.3) is 21.9 Å². The van der Waals surface area contributed by atoms with E-state index < -0.39 is 0 Å². The van der Waals surface area contributed by atoms with E-state index in [-0.39, 0.29) is 10.8 Å². The maximum absolute atomic E-state index is 2.46. The SMILES string of the molecule is CC1(C)CC(C)(C)c2cc(-c3cc4ccccc4cc3N(c3ccccc3)c3ccccc3)ccc21. The molecule has 0 bridgehead atoms. The number of para-hydroxylation sites is 2. The second kappa shape index (κ2) is 8.38. The van der Waals surface area contributed by atoms with Crippen LogP contribution in [-0.2, 0) is 10.8 Å². The van der Waals surface area contributed by atoms with Crippen molar-refractivity contribution in [2.75, 3.05) is 4.90 Å². The number of nitrogens with zero attached hydrogens (tertiary/aromatic N) is 1. The first-order valence-corrected chi connectivity index (χ1v) is 12.9. The van der Waals surface area contributed by atoms with Gasteiger partial charge in [-0.25, -0.2) is 0 Å². The summed E-state index contributed by atoms with van der Waals surface area (Å²) in [4.78, 5) is 2.39. The van der Waals surface area contributed by atoms with E-state index in [0.29, 0.717) is 0 Å². The van der Waals surface area contributed by atoms with E-state index in [1.165, 1.54) is 45.1 Å². The van der Waals surface area contributed by atoms with Crippen LogP contribution in [0.2, 0.25) is 0 Å². The Hall–Kier alpha value is -3.84. The lowest BCUT2D eigenvalue weighted by Gasteiger charge is -2.29. The first-order chi connectivity index (χ1) is 17.3. The number of hydrogen-bond acceptors (Lipinski definition) is 1. The van der Waals surface area contributed by atoms with Crippen LogP contribution in [0.15, 0.2) is 115 Å². The number of fused-ring (bicyclic) bond motifs is 2. The van der Waals surface area contributed by atoms with Crippen molar-refractivity contribution in [3.05, 3.63) is 126 Å². The number of benzene rings is 5. The van der Waals surface area contributed by atoms with Gasteiger partial charge in [-0.15, -0.1) is 0 Å². The van der Waals surface area contributed by atoms with Gasteiger partial charge in [0.1, 0.15) is 0 Å². The van der Waals surface area contributed by atoms with Gasteiger partial charge < -0.3 is 4.90 Å². The van der Waals surface area contributed by atoms with E-state index in [0.717, 1.165) is 11.4 Å². The number of rotatable bonds is 4. The van der Waals surface area contributed by atoms with Gasteiger partial charge in [0, 0.05) is 16.9 Å². The summed E-state index contributed by atoms with van der Waals surface area (Å²) in [5.41, 5.74) is 9.36. The highest BCUT2D eigenvalue weighted by Crippen LogP contribution is 2.51. The summed E-state index contributed by atoms with van der Waals surface area (Å²) in [5, 5.41) is 2.51. The fourth-order valence-electron chi connectivity index (χ4n) is 6.38. The minimum atomic E-state index is 0.157. The zero-order valence-corrected chi connectivity index (χ0v) is 21.6. The zero-order chi connectivity index (χ0) is 24.9. The topological polar surface area (TPSA) is 3.24 Å². The van der Waals surface area contributed by atoms with Crippen molar-refractivity contribution in [3.63, 3.8) is 0 Å². The fraction of sp³-hybridized carbons (Fsp3) is 0.200. The summed E-state index contributed by atoms with van der Waals surface area (Å²) in [5.74, 6) is 0. The third-order valence-electron chi connectivity index (χ3n) is 7.81. The van der Waals surface area contributed by atoms with Crippen LogP contribution < -0.4 is 4.90 Å². The van der Waals surface area contributed by atoms with Crippen molar-refractivity contribution in [2.24, 2.45) is 0 Å². The lowest BCUT2D eigenvalue weighted by atomic mass is 9.82. The summed E-state index contributed by atoms with van der Waals surface area (Å²) >= 11 is 0. The molecule has 0 spiro atoms. The second-order valence-corrected chi connectivity index (χ2v) is 11.4. The van der Waals surface area contributed by atoms with E-state index in [2.05, 4.69) is 148 Å². The van der Waals surface area contributed by atoms with Crippen molar-refractivity contribution in [2.45, 2.75) is 44.9 Å². The van der Waals surface area contributed by atoms with Gasteiger partial charge in [-0.1, -0.05) is 107 Å². The van der Waals surface area contributed by atoms with Crippen molar-refractivity contribution >= 4 is 27.8 Å². The lowest BCUT2D eigenvalue weighted by molar-refractivity contribution is 0.403. The van der Waals surface area contributed by atoms with Crippen LogP contribution in [0.1, 0.15) is 45.2 Å². The van der Waals surface area contributed by atoms with Crippen LogP contribution in [0.4, 0.5) is 17.1 Å². The van der Waals surface area contributed by atoms with E-state index in [9.17, 15) is 0 Å². The largest absolute Gasteiger partial charge is 0.310 e. The molecule has 0 saturated heterocycles. The minimum absolute atomic E-state index is 0.157. The molecule has 0 heterocycles. The maximum Gasteiger partial charge on any atom is 0.0546 e. The van der Waals surface area contributed by atoms with E-state index in [4.69, 9.17) is 0 Å². The van der Waals surface area contributed by atoms with Gasteiger partial charge in [0.15, 0.2) is 0 Å². The summed E-state index contributed by atoms with van der Waals surface area (Å²) in [7, 11) is 0. The molecule has 0 aliphatic heterocycles. The Balaban J connectivity index is 1.64. The molecule has 1 heteroatoms. The van der Waals surface area contributed by atoms with Gasteiger partial charge in [-0.3, -0.25) is 0 Å². The molecular weight excluding hydrogens is 434 g/mol. The Morgan fingerprint density at radius 3 is 1.67 bits per heavy atom. The van der Waals surface area contributed by atoms with Crippen LogP contribution in [0.5, 0.6) is 0 Å². The molecule has 1 aliphatic carbocycles. The molecule has 0 unspecified atom stereocenters. The zero-order valence-electron chi connectivity index (χ0n) is 21.6. The molecule has 0 aromatic heterocycles. The molecule has 1 nitrogen and oxygen atoms in total. The normalized spacial score (nSPS) is 15.6. The fourth-order valence-corrected chi connectivity index (χ4v) is 6.38. The molecule has 0 atom stereocenters. The third-order valence-corrected chi connectivity index (χ3v) is 7.81. The molecule has 1 aliphatic rings. The highest BCUT2D eigenvalue weighted by Gasteiger charge is 2.41. The highest BCUT2D eigenvalue weighted by atomic mass is 15.1. The standard InChI is InChI=1S/C35H33N/c1-34(2)24-35(3,4)32-22-27(19-20-31(32)34)30-21-25-13-11-12-14-26(25)23-33(30)36(28-15-7-5-8-16-28)29-17-9-6-10-18-29/h5-23H,24H2,1-4H3. The third kappa shape index (κ3) is 3.80. The van der Waals surface area contributed by atoms with E-state index in [1.807, 2.05) is 0 Å². The molecule has 36 heavy (non-hydrogen) atoms. The molecule has 0 radical (unpaired) electrons. The van der Waals surface area contributed by atoms with Gasteiger partial charge >= 0.3 is 0 Å². The summed E-state index contributed by atoms with van der Waals surface area (Å²) < 4.78 is 0. The Labute approximate surface area is 215 Å². The molecule has 0 N–H and O–H groups in total. The van der Waals surface area contributed by atoms with Crippen molar-refractivity contribution in [3.8, 4) is 11.1 Å². The molecule has 6 rings (SSSR count). The quantitative estimate of drug-likeness (QED) is 0.254. The number of hydrogen-bond donors (Lipinski definition) is 0. The van der Waals surface area contributed by atoms with Crippen LogP contribution in [0.3, 0.4) is 0 Å². The van der Waals surface area contributed by atoms with Gasteiger partial charge in [0.2, 0.25) is 0 Å². The van der Waals surface area contributed by atoms with Crippen LogP contribution in [0, 0.1) is 0 Å². The summed E-state index contributed by atoms with van der Waals surface area (Å²) in [6, 6.07) is 42.0. The molecule has 5 aromatic carbocycles. The predicted octanol–water partition coefficient (Wildman–Crippen LogP) is 9.94. The molecule has 0 amide bonds. The van der Waals surface area contributed by atoms with Crippen molar-refractivity contribution < 1.29 is 0 Å². The van der Waals surface area contributed by atoms with Crippen LogP contribution >= 0.6 is 0 Å².